The maximum Gasteiger partial charge on any atom is 0.300 e. The second kappa shape index (κ2) is 14.6. The molecule has 2 aromatic carbocycles. The van der Waals surface area contributed by atoms with Gasteiger partial charge in [0.15, 0.2) is 23.2 Å². The fourth-order valence-corrected chi connectivity index (χ4v) is 4.03. The summed E-state index contributed by atoms with van der Waals surface area (Å²) in [5.41, 5.74) is 2.37. The molecule has 3 rings (SSSR count). The lowest BCUT2D eigenvalue weighted by molar-refractivity contribution is -0.134. The molecule has 0 bridgehead atoms. The number of aryl methyl sites for hydroxylation is 1. The van der Waals surface area contributed by atoms with Crippen LogP contribution < -0.4 is 15.6 Å². The van der Waals surface area contributed by atoms with Crippen LogP contribution in [-0.4, -0.2) is 45.7 Å². The molecule has 0 saturated carbocycles. The third kappa shape index (κ3) is 9.48. The minimum absolute atomic E-state index is 0.0109. The largest absolute Gasteiger partial charge is 0.481 e. The van der Waals surface area contributed by atoms with Gasteiger partial charge in [0.05, 0.1) is 12.2 Å². The summed E-state index contributed by atoms with van der Waals surface area (Å²) >= 11 is 0. The lowest BCUT2D eigenvalue weighted by atomic mass is 9.82. The Hall–Kier alpha value is -4.55. The molecule has 0 aliphatic heterocycles. The summed E-state index contributed by atoms with van der Waals surface area (Å²) in [7, 11) is 0. The standard InChI is InChI=1S/C28H29F4N3O4.C2H4O2/c1-15-10-18(11-17-8-6-7-9-20(17)28(3,4)5)27(38)35(34-15)16(2)26(37)33-13-19(36)14-39-25-23(31)21(29)12-22(30)24(25)32;1-2(3)4/h6-10,12,16H,11,13-14H2,1-5H3,(H,33,37);1H3,(H,3,4). The summed E-state index contributed by atoms with van der Waals surface area (Å²) in [6.45, 7) is 8.82. The van der Waals surface area contributed by atoms with E-state index in [1.54, 1.807) is 13.0 Å². The monoisotopic (exact) mass is 607 g/mol. The first-order chi connectivity index (χ1) is 19.9. The Balaban J connectivity index is 0.00000151. The van der Waals surface area contributed by atoms with Gasteiger partial charge in [-0.3, -0.25) is 19.2 Å². The van der Waals surface area contributed by atoms with Crippen LogP contribution in [-0.2, 0) is 26.2 Å². The molecule has 0 radical (unpaired) electrons. The van der Waals surface area contributed by atoms with Gasteiger partial charge >= 0.3 is 0 Å². The van der Waals surface area contributed by atoms with Gasteiger partial charge < -0.3 is 15.2 Å². The Morgan fingerprint density at radius 3 is 2.14 bits per heavy atom. The van der Waals surface area contributed by atoms with Gasteiger partial charge in [0.2, 0.25) is 17.5 Å². The summed E-state index contributed by atoms with van der Waals surface area (Å²) in [5, 5.41) is 13.9. The first kappa shape index (κ1) is 34.7. The molecule has 232 valence electrons. The van der Waals surface area contributed by atoms with E-state index in [0.717, 1.165) is 22.7 Å². The summed E-state index contributed by atoms with van der Waals surface area (Å²) in [4.78, 5) is 47.1. The number of halogens is 4. The molecule has 1 atom stereocenters. The van der Waals surface area contributed by atoms with Crippen molar-refractivity contribution in [3.63, 3.8) is 0 Å². The molecule has 0 saturated heterocycles. The summed E-state index contributed by atoms with van der Waals surface area (Å²) in [6, 6.07) is 8.35. The van der Waals surface area contributed by atoms with Gasteiger partial charge in [-0.25, -0.2) is 13.5 Å². The van der Waals surface area contributed by atoms with Gasteiger partial charge in [-0.2, -0.15) is 13.9 Å². The molecule has 0 aliphatic carbocycles. The Bertz CT molecular complexity index is 1540. The first-order valence-electron chi connectivity index (χ1n) is 13.1. The van der Waals surface area contributed by atoms with Crippen LogP contribution >= 0.6 is 0 Å². The number of carbonyl (C=O) groups excluding carboxylic acids is 2. The van der Waals surface area contributed by atoms with Gasteiger partial charge in [0.1, 0.15) is 12.6 Å². The van der Waals surface area contributed by atoms with Crippen molar-refractivity contribution >= 4 is 17.7 Å². The average molecular weight is 608 g/mol. The maximum atomic E-state index is 13.7. The van der Waals surface area contributed by atoms with Crippen LogP contribution in [0.15, 0.2) is 41.2 Å². The molecule has 0 fully saturated rings. The molecular weight excluding hydrogens is 574 g/mol. The topological polar surface area (TPSA) is 128 Å². The van der Waals surface area contributed by atoms with Crippen LogP contribution in [0.2, 0.25) is 0 Å². The van der Waals surface area contributed by atoms with Gasteiger partial charge in [0.25, 0.3) is 11.5 Å². The van der Waals surface area contributed by atoms with Crippen LogP contribution in [0.3, 0.4) is 0 Å². The van der Waals surface area contributed by atoms with Crippen LogP contribution in [0.5, 0.6) is 5.75 Å². The van der Waals surface area contributed by atoms with Crippen molar-refractivity contribution in [1.29, 1.82) is 0 Å². The van der Waals surface area contributed by atoms with Gasteiger partial charge in [-0.15, -0.1) is 0 Å². The summed E-state index contributed by atoms with van der Waals surface area (Å²) in [5.74, 6) is -10.7. The number of hydrogen-bond acceptors (Lipinski definition) is 6. The molecule has 0 spiro atoms. The normalized spacial score (nSPS) is 11.7. The van der Waals surface area contributed by atoms with Crippen molar-refractivity contribution < 1.29 is 41.8 Å². The fourth-order valence-electron chi connectivity index (χ4n) is 4.03. The number of aliphatic carboxylic acids is 1. The highest BCUT2D eigenvalue weighted by molar-refractivity contribution is 5.88. The Labute approximate surface area is 245 Å². The number of carboxylic acids is 1. The second-order valence-electron chi connectivity index (χ2n) is 10.7. The van der Waals surface area contributed by atoms with Gasteiger partial charge in [-0.05, 0) is 36.5 Å². The molecule has 1 heterocycles. The van der Waals surface area contributed by atoms with E-state index in [1.165, 1.54) is 6.92 Å². The minimum atomic E-state index is -1.79. The fraction of sp³-hybridized carbons (Fsp3) is 0.367. The predicted octanol–water partition coefficient (Wildman–Crippen LogP) is 4.41. The minimum Gasteiger partial charge on any atom is -0.481 e. The van der Waals surface area contributed by atoms with Crippen LogP contribution in [0.25, 0.3) is 0 Å². The van der Waals surface area contributed by atoms with Crippen LogP contribution in [0.4, 0.5) is 17.6 Å². The number of Topliss-reactive ketones (excluding diaryl/α,β-unsaturated/α-hetero) is 1. The van der Waals surface area contributed by atoms with Crippen molar-refractivity contribution in [2.24, 2.45) is 0 Å². The molecule has 3 aromatic rings. The van der Waals surface area contributed by atoms with Gasteiger partial charge in [-0.1, -0.05) is 45.0 Å². The van der Waals surface area contributed by atoms with Crippen molar-refractivity contribution in [3.8, 4) is 5.75 Å². The van der Waals surface area contributed by atoms with Crippen molar-refractivity contribution in [2.75, 3.05) is 13.2 Å². The molecule has 0 aliphatic rings. The van der Waals surface area contributed by atoms with E-state index in [-0.39, 0.29) is 11.5 Å². The molecule has 43 heavy (non-hydrogen) atoms. The quantitative estimate of drug-likeness (QED) is 0.273. The zero-order valence-electron chi connectivity index (χ0n) is 24.6. The van der Waals surface area contributed by atoms with Gasteiger partial charge in [0, 0.05) is 25.0 Å². The molecule has 9 nitrogen and oxygen atoms in total. The number of hydrogen-bond donors (Lipinski definition) is 2. The Kier molecular flexibility index (Phi) is 11.7. The third-order valence-electron chi connectivity index (χ3n) is 5.99. The van der Waals surface area contributed by atoms with Crippen molar-refractivity contribution in [2.45, 2.75) is 59.4 Å². The average Bonchev–Trinajstić information content (AvgIpc) is 2.91. The molecule has 1 aromatic heterocycles. The number of nitrogens with zero attached hydrogens (tertiary/aromatic N) is 2. The highest BCUT2D eigenvalue weighted by Crippen LogP contribution is 2.27. The highest BCUT2D eigenvalue weighted by atomic mass is 19.2. The van der Waals surface area contributed by atoms with E-state index in [1.807, 2.05) is 24.3 Å². The number of benzene rings is 2. The number of amides is 1. The third-order valence-corrected chi connectivity index (χ3v) is 5.99. The molecule has 13 heteroatoms. The lowest BCUT2D eigenvalue weighted by Crippen LogP contribution is -2.41. The summed E-state index contributed by atoms with van der Waals surface area (Å²) in [6.07, 6.45) is 0.327. The maximum absolute atomic E-state index is 13.7. The second-order valence-corrected chi connectivity index (χ2v) is 10.7. The van der Waals surface area contributed by atoms with E-state index in [9.17, 15) is 31.9 Å². The number of nitrogens with one attached hydrogen (secondary N) is 1. The lowest BCUT2D eigenvalue weighted by Gasteiger charge is -2.23. The van der Waals surface area contributed by atoms with E-state index >= 15 is 0 Å². The highest BCUT2D eigenvalue weighted by Gasteiger charge is 2.24. The zero-order valence-corrected chi connectivity index (χ0v) is 24.6. The number of carboxylic acid groups (broad SMARTS) is 1. The molecule has 1 amide bonds. The van der Waals surface area contributed by atoms with Crippen LogP contribution in [0.1, 0.15) is 63.0 Å². The molecule has 2 N–H and O–H groups in total. The first-order valence-corrected chi connectivity index (χ1v) is 13.1. The predicted molar refractivity (Wildman–Crippen MR) is 149 cm³/mol. The van der Waals surface area contributed by atoms with Crippen molar-refractivity contribution in [3.05, 3.63) is 92.4 Å². The number of rotatable bonds is 9. The van der Waals surface area contributed by atoms with E-state index in [2.05, 4.69) is 35.9 Å². The Morgan fingerprint density at radius 1 is 1.02 bits per heavy atom. The van der Waals surface area contributed by atoms with Crippen molar-refractivity contribution in [1.82, 2.24) is 15.1 Å². The Morgan fingerprint density at radius 2 is 1.58 bits per heavy atom. The number of aromatic nitrogens is 2. The number of ether oxygens (including phenoxy) is 1. The number of ketones is 1. The van der Waals surface area contributed by atoms with Crippen LogP contribution in [0, 0.1) is 30.2 Å². The zero-order chi connectivity index (χ0) is 32.6. The SMILES string of the molecule is CC(=O)O.Cc1cc(Cc2ccccc2C(C)(C)C)c(=O)n(C(C)C(=O)NCC(=O)COc2c(F)c(F)cc(F)c2F)n1. The molecular formula is C30H33F4N3O6. The molecule has 1 unspecified atom stereocenters. The smallest absolute Gasteiger partial charge is 0.300 e. The van der Waals surface area contributed by atoms with E-state index in [0.29, 0.717) is 17.7 Å². The van der Waals surface area contributed by atoms with E-state index in [4.69, 9.17) is 9.90 Å². The summed E-state index contributed by atoms with van der Waals surface area (Å²) < 4.78 is 59.6. The number of carbonyl (C=O) groups is 3. The van der Waals surface area contributed by atoms with E-state index < -0.39 is 71.4 Å².